The molecule has 2 aromatic carbocycles. The number of thiazole rings is 1. The largest absolute Gasteiger partial charge is 0.495 e. The van der Waals surface area contributed by atoms with Crippen LogP contribution < -0.4 is 9.46 Å². The van der Waals surface area contributed by atoms with Crippen molar-refractivity contribution in [2.45, 2.75) is 11.4 Å². The third-order valence-electron chi connectivity index (χ3n) is 3.99. The summed E-state index contributed by atoms with van der Waals surface area (Å²) in [6, 6.07) is 13.0. The van der Waals surface area contributed by atoms with Crippen molar-refractivity contribution in [3.63, 3.8) is 0 Å². The molecule has 8 heteroatoms. The Kier molecular flexibility index (Phi) is 6.91. The van der Waals surface area contributed by atoms with E-state index >= 15 is 0 Å². The molecule has 0 aliphatic heterocycles. The van der Waals surface area contributed by atoms with E-state index in [0.29, 0.717) is 18.0 Å². The lowest BCUT2D eigenvalue weighted by Gasteiger charge is -2.10. The minimum Gasteiger partial charge on any atom is -0.495 e. The molecular formula is C20H20N2O4S2. The first-order valence-corrected chi connectivity index (χ1v) is 10.2. The van der Waals surface area contributed by atoms with E-state index in [1.165, 1.54) is 36.8 Å². The first kappa shape index (κ1) is 20.2. The van der Waals surface area contributed by atoms with Gasteiger partial charge in [0.1, 0.15) is 15.8 Å². The summed E-state index contributed by atoms with van der Waals surface area (Å²) < 4.78 is 13.5. The summed E-state index contributed by atoms with van der Waals surface area (Å²) in [5.74, 6) is -0.524. The van der Waals surface area contributed by atoms with Crippen molar-refractivity contribution in [1.82, 2.24) is 4.98 Å². The quantitative estimate of drug-likeness (QED) is 0.484. The summed E-state index contributed by atoms with van der Waals surface area (Å²) >= 11 is 2.92. The fourth-order valence-electron chi connectivity index (χ4n) is 2.49. The van der Waals surface area contributed by atoms with Gasteiger partial charge in [-0.1, -0.05) is 24.3 Å². The third kappa shape index (κ3) is 5.03. The van der Waals surface area contributed by atoms with Crippen LogP contribution in [-0.2, 0) is 11.2 Å². The Balaban J connectivity index is 1.66. The highest BCUT2D eigenvalue weighted by molar-refractivity contribution is 8.00. The van der Waals surface area contributed by atoms with Gasteiger partial charge in [0.15, 0.2) is 0 Å². The summed E-state index contributed by atoms with van der Waals surface area (Å²) in [4.78, 5) is 15.7. The average Bonchev–Trinajstić information content (AvgIpc) is 3.20. The topological polar surface area (TPSA) is 80.7 Å². The van der Waals surface area contributed by atoms with E-state index in [2.05, 4.69) is 34.0 Å². The molecule has 1 aromatic heterocycles. The smallest absolute Gasteiger partial charge is 0.335 e. The van der Waals surface area contributed by atoms with Gasteiger partial charge in [0.2, 0.25) is 0 Å². The standard InChI is InChI=1S/C20H20N2O4S2/c1-25-10-9-13-3-5-14(6-4-13)19-21-18(12-27-19)28-22-16-8-7-15(20(23)24)11-17(16)26-2/h3-8,11-12,22H,9-10H2,1-2H3,(H,23,24). The molecule has 0 fully saturated rings. The second-order valence-electron chi connectivity index (χ2n) is 5.85. The number of nitrogens with zero attached hydrogens (tertiary/aromatic N) is 1. The summed E-state index contributed by atoms with van der Waals surface area (Å²) in [5, 5.41) is 12.8. The van der Waals surface area contributed by atoms with E-state index in [1.807, 2.05) is 5.38 Å². The predicted molar refractivity (Wildman–Crippen MR) is 113 cm³/mol. The summed E-state index contributed by atoms with van der Waals surface area (Å²) in [7, 11) is 3.21. The number of hydrogen-bond donors (Lipinski definition) is 2. The molecule has 0 radical (unpaired) electrons. The Labute approximate surface area is 171 Å². The number of hydrogen-bond acceptors (Lipinski definition) is 7. The maximum atomic E-state index is 11.1. The van der Waals surface area contributed by atoms with Crippen molar-refractivity contribution >= 4 is 34.9 Å². The number of anilines is 1. The normalized spacial score (nSPS) is 10.6. The van der Waals surface area contributed by atoms with Crippen LogP contribution in [0.25, 0.3) is 10.6 Å². The first-order valence-electron chi connectivity index (χ1n) is 8.48. The fourth-order valence-corrected chi connectivity index (χ4v) is 4.09. The molecule has 0 unspecified atom stereocenters. The number of aromatic nitrogens is 1. The molecule has 0 bridgehead atoms. The molecule has 0 atom stereocenters. The average molecular weight is 417 g/mol. The van der Waals surface area contributed by atoms with Gasteiger partial charge in [-0.25, -0.2) is 9.78 Å². The van der Waals surface area contributed by atoms with Gasteiger partial charge >= 0.3 is 5.97 Å². The molecule has 0 spiro atoms. The highest BCUT2D eigenvalue weighted by Gasteiger charge is 2.11. The van der Waals surface area contributed by atoms with Gasteiger partial charge in [-0.15, -0.1) is 11.3 Å². The Hall–Kier alpha value is -2.55. The van der Waals surface area contributed by atoms with E-state index in [1.54, 1.807) is 24.5 Å². The van der Waals surface area contributed by atoms with Crippen molar-refractivity contribution < 1.29 is 19.4 Å². The Morgan fingerprint density at radius 3 is 2.68 bits per heavy atom. The molecule has 28 heavy (non-hydrogen) atoms. The van der Waals surface area contributed by atoms with Crippen molar-refractivity contribution in [3.05, 3.63) is 59.0 Å². The molecule has 1 heterocycles. The number of nitrogens with one attached hydrogen (secondary N) is 1. The van der Waals surface area contributed by atoms with Crippen molar-refractivity contribution in [2.75, 3.05) is 25.5 Å². The Morgan fingerprint density at radius 1 is 1.21 bits per heavy atom. The molecular weight excluding hydrogens is 396 g/mol. The van der Waals surface area contributed by atoms with Crippen LogP contribution in [0.5, 0.6) is 5.75 Å². The molecule has 146 valence electrons. The minimum absolute atomic E-state index is 0.178. The number of rotatable bonds is 9. The van der Waals surface area contributed by atoms with Gasteiger partial charge in [-0.05, 0) is 30.2 Å². The van der Waals surface area contributed by atoms with Crippen molar-refractivity contribution in [2.24, 2.45) is 0 Å². The Bertz CT molecular complexity index is 942. The maximum absolute atomic E-state index is 11.1. The molecule has 0 amide bonds. The van der Waals surface area contributed by atoms with Gasteiger partial charge in [0, 0.05) is 30.0 Å². The summed E-state index contributed by atoms with van der Waals surface area (Å²) in [5.41, 5.74) is 3.17. The highest BCUT2D eigenvalue weighted by atomic mass is 32.2. The second-order valence-corrected chi connectivity index (χ2v) is 7.54. The zero-order chi connectivity index (χ0) is 19.9. The highest BCUT2D eigenvalue weighted by Crippen LogP contribution is 2.32. The molecule has 6 nitrogen and oxygen atoms in total. The van der Waals surface area contributed by atoms with E-state index < -0.39 is 5.97 Å². The SMILES string of the molecule is COCCc1ccc(-c2nc(SNc3ccc(C(=O)O)cc3OC)cs2)cc1. The number of carbonyl (C=O) groups is 1. The molecule has 0 saturated carbocycles. The van der Waals surface area contributed by atoms with Crippen LogP contribution >= 0.6 is 23.3 Å². The third-order valence-corrected chi connectivity index (χ3v) is 5.77. The number of methoxy groups -OCH3 is 2. The van der Waals surface area contributed by atoms with Crippen molar-refractivity contribution in [1.29, 1.82) is 0 Å². The van der Waals surface area contributed by atoms with Crippen LogP contribution in [0, 0.1) is 0 Å². The minimum atomic E-state index is -0.991. The summed E-state index contributed by atoms with van der Waals surface area (Å²) in [6.07, 6.45) is 0.891. The molecule has 0 aliphatic rings. The van der Waals surface area contributed by atoms with Gasteiger partial charge in [0.25, 0.3) is 0 Å². The van der Waals surface area contributed by atoms with Crippen LogP contribution in [0.15, 0.2) is 52.9 Å². The lowest BCUT2D eigenvalue weighted by atomic mass is 10.1. The maximum Gasteiger partial charge on any atom is 0.335 e. The number of carboxylic acid groups (broad SMARTS) is 1. The fraction of sp³-hybridized carbons (Fsp3) is 0.200. The monoisotopic (exact) mass is 416 g/mol. The number of carboxylic acids is 1. The number of benzene rings is 2. The first-order chi connectivity index (χ1) is 13.6. The van der Waals surface area contributed by atoms with Gasteiger partial charge in [-0.3, -0.25) is 0 Å². The van der Waals surface area contributed by atoms with Gasteiger partial charge in [-0.2, -0.15) is 0 Å². The molecule has 0 saturated heterocycles. The predicted octanol–water partition coefficient (Wildman–Crippen LogP) is 4.83. The molecule has 3 rings (SSSR count). The van der Waals surface area contributed by atoms with Gasteiger partial charge in [0.05, 0.1) is 25.0 Å². The van der Waals surface area contributed by atoms with Crippen molar-refractivity contribution in [3.8, 4) is 16.3 Å². The van der Waals surface area contributed by atoms with Crippen LogP contribution in [-0.4, -0.2) is 36.9 Å². The van der Waals surface area contributed by atoms with E-state index in [0.717, 1.165) is 22.0 Å². The Morgan fingerprint density at radius 2 is 2.00 bits per heavy atom. The van der Waals surface area contributed by atoms with Crippen LogP contribution in [0.4, 0.5) is 5.69 Å². The van der Waals surface area contributed by atoms with Crippen LogP contribution in [0.1, 0.15) is 15.9 Å². The zero-order valence-corrected chi connectivity index (χ0v) is 17.1. The van der Waals surface area contributed by atoms with Crippen LogP contribution in [0.2, 0.25) is 0 Å². The summed E-state index contributed by atoms with van der Waals surface area (Å²) in [6.45, 7) is 0.708. The van der Waals surface area contributed by atoms with E-state index in [-0.39, 0.29) is 5.56 Å². The molecule has 3 aromatic rings. The number of aromatic carboxylic acids is 1. The van der Waals surface area contributed by atoms with Crippen LogP contribution in [0.3, 0.4) is 0 Å². The van der Waals surface area contributed by atoms with Gasteiger partial charge < -0.3 is 19.3 Å². The molecule has 0 aliphatic carbocycles. The lowest BCUT2D eigenvalue weighted by molar-refractivity contribution is 0.0696. The zero-order valence-electron chi connectivity index (χ0n) is 15.5. The van der Waals surface area contributed by atoms with E-state index in [4.69, 9.17) is 14.6 Å². The van der Waals surface area contributed by atoms with E-state index in [9.17, 15) is 4.79 Å². The lowest BCUT2D eigenvalue weighted by Crippen LogP contribution is -1.99. The number of ether oxygens (including phenoxy) is 2. The molecule has 2 N–H and O–H groups in total. The second kappa shape index (κ2) is 9.59.